The predicted molar refractivity (Wildman–Crippen MR) is 163 cm³/mol. The van der Waals surface area contributed by atoms with Gasteiger partial charge in [0.15, 0.2) is 0 Å². The summed E-state index contributed by atoms with van der Waals surface area (Å²) in [6.07, 6.45) is 2.07. The van der Waals surface area contributed by atoms with Crippen molar-refractivity contribution in [3.63, 3.8) is 0 Å². The molecule has 10 nitrogen and oxygen atoms in total. The molecule has 0 saturated carbocycles. The largest absolute Gasteiger partial charge is 0.497 e. The van der Waals surface area contributed by atoms with Crippen LogP contribution < -0.4 is 21.1 Å². The van der Waals surface area contributed by atoms with Crippen LogP contribution in [0.3, 0.4) is 0 Å². The van der Waals surface area contributed by atoms with Crippen molar-refractivity contribution in [1.29, 1.82) is 0 Å². The van der Waals surface area contributed by atoms with Crippen molar-refractivity contribution in [2.75, 3.05) is 19.0 Å². The highest BCUT2D eigenvalue weighted by Crippen LogP contribution is 2.28. The maximum Gasteiger partial charge on any atom is 0.408 e. The number of carbonyl (C=O) groups excluding carboxylic acids is 4. The zero-order chi connectivity index (χ0) is 31.4. The standard InChI is InChI=1S/C32H46N4O6/c1-8-9-10-11-16-36(30(39)26(20-27(33)37)35-31(40)42-32(4,5)6)28(23-18-21(2)17-22(3)19-23)29(38)34-24-12-14-25(41-7)15-13-24/h12-15,17-19,26,28H,8-11,16,20H2,1-7H3,(H2,33,37)(H,34,38)(H,35,40). The Bertz CT molecular complexity index is 1200. The molecule has 2 aromatic carbocycles. The first-order chi connectivity index (χ1) is 19.7. The zero-order valence-corrected chi connectivity index (χ0v) is 25.9. The minimum absolute atomic E-state index is 0.220. The second-order valence-electron chi connectivity index (χ2n) is 11.5. The highest BCUT2D eigenvalue weighted by atomic mass is 16.6. The summed E-state index contributed by atoms with van der Waals surface area (Å²) < 4.78 is 10.6. The molecule has 2 aromatic rings. The number of aryl methyl sites for hydroxylation is 2. The lowest BCUT2D eigenvalue weighted by Gasteiger charge is -2.34. The number of unbranched alkanes of at least 4 members (excludes halogenated alkanes) is 3. The average molecular weight is 583 g/mol. The number of hydrogen-bond donors (Lipinski definition) is 3. The molecule has 2 atom stereocenters. The lowest BCUT2D eigenvalue weighted by molar-refractivity contribution is -0.142. The Kier molecular flexibility index (Phi) is 12.8. The van der Waals surface area contributed by atoms with Gasteiger partial charge in [-0.05, 0) is 70.9 Å². The van der Waals surface area contributed by atoms with Crippen molar-refractivity contribution in [3.05, 3.63) is 59.2 Å². The molecule has 0 fully saturated rings. The van der Waals surface area contributed by atoms with E-state index in [1.165, 1.54) is 4.90 Å². The molecule has 0 aromatic heterocycles. The number of methoxy groups -OCH3 is 1. The summed E-state index contributed by atoms with van der Waals surface area (Å²) in [6.45, 7) is 11.2. The minimum atomic E-state index is -1.33. The number of carbonyl (C=O) groups is 4. The summed E-state index contributed by atoms with van der Waals surface area (Å²) in [5.41, 5.74) is 7.64. The Morgan fingerprint density at radius 2 is 1.57 bits per heavy atom. The van der Waals surface area contributed by atoms with Crippen molar-refractivity contribution in [3.8, 4) is 5.75 Å². The van der Waals surface area contributed by atoms with E-state index in [-0.39, 0.29) is 6.54 Å². The first-order valence-corrected chi connectivity index (χ1v) is 14.4. The third-order valence-corrected chi connectivity index (χ3v) is 6.41. The van der Waals surface area contributed by atoms with Gasteiger partial charge in [-0.1, -0.05) is 55.5 Å². The molecule has 0 aliphatic rings. The van der Waals surface area contributed by atoms with Crippen LogP contribution in [0.25, 0.3) is 0 Å². The van der Waals surface area contributed by atoms with E-state index in [4.69, 9.17) is 15.2 Å². The van der Waals surface area contributed by atoms with Crippen molar-refractivity contribution < 1.29 is 28.7 Å². The molecule has 0 aliphatic heterocycles. The second kappa shape index (κ2) is 15.8. The van der Waals surface area contributed by atoms with Crippen LogP contribution in [0.15, 0.2) is 42.5 Å². The third kappa shape index (κ3) is 11.1. The third-order valence-electron chi connectivity index (χ3n) is 6.41. The van der Waals surface area contributed by atoms with Gasteiger partial charge >= 0.3 is 6.09 Å². The van der Waals surface area contributed by atoms with Crippen LogP contribution in [0.5, 0.6) is 5.75 Å². The topological polar surface area (TPSA) is 140 Å². The summed E-state index contributed by atoms with van der Waals surface area (Å²) in [5, 5.41) is 5.45. The maximum absolute atomic E-state index is 14.2. The Balaban J connectivity index is 2.58. The van der Waals surface area contributed by atoms with Crippen molar-refractivity contribution in [2.45, 2.75) is 91.3 Å². The summed E-state index contributed by atoms with van der Waals surface area (Å²) in [6, 6.07) is 10.2. The van der Waals surface area contributed by atoms with Crippen LogP contribution in [0, 0.1) is 13.8 Å². The van der Waals surface area contributed by atoms with Gasteiger partial charge in [0.2, 0.25) is 11.8 Å². The fourth-order valence-corrected chi connectivity index (χ4v) is 4.65. The normalized spacial score (nSPS) is 12.5. The van der Waals surface area contributed by atoms with Gasteiger partial charge < -0.3 is 30.7 Å². The van der Waals surface area contributed by atoms with E-state index in [9.17, 15) is 19.2 Å². The van der Waals surface area contributed by atoms with E-state index in [0.29, 0.717) is 23.4 Å². The smallest absolute Gasteiger partial charge is 0.408 e. The first-order valence-electron chi connectivity index (χ1n) is 14.4. The van der Waals surface area contributed by atoms with E-state index in [1.807, 2.05) is 32.0 Å². The summed E-state index contributed by atoms with van der Waals surface area (Å²) >= 11 is 0. The molecule has 42 heavy (non-hydrogen) atoms. The van der Waals surface area contributed by atoms with Gasteiger partial charge in [0.25, 0.3) is 5.91 Å². The summed E-state index contributed by atoms with van der Waals surface area (Å²) in [7, 11) is 1.56. The Morgan fingerprint density at radius 1 is 0.952 bits per heavy atom. The van der Waals surface area contributed by atoms with E-state index < -0.39 is 47.9 Å². The van der Waals surface area contributed by atoms with Gasteiger partial charge in [-0.15, -0.1) is 0 Å². The quantitative estimate of drug-likeness (QED) is 0.263. The lowest BCUT2D eigenvalue weighted by Crippen LogP contribution is -2.53. The number of alkyl carbamates (subject to hydrolysis) is 1. The molecule has 0 saturated heterocycles. The van der Waals surface area contributed by atoms with Crippen LogP contribution in [0.1, 0.15) is 82.5 Å². The number of benzene rings is 2. The van der Waals surface area contributed by atoms with E-state index in [1.54, 1.807) is 52.1 Å². The number of primary amides is 1. The van der Waals surface area contributed by atoms with Crippen LogP contribution in [-0.4, -0.2) is 54.0 Å². The van der Waals surface area contributed by atoms with Crippen molar-refractivity contribution >= 4 is 29.5 Å². The molecule has 0 bridgehead atoms. The Morgan fingerprint density at radius 3 is 2.10 bits per heavy atom. The molecule has 2 rings (SSSR count). The number of ether oxygens (including phenoxy) is 2. The van der Waals surface area contributed by atoms with Gasteiger partial charge in [0.05, 0.1) is 13.5 Å². The van der Waals surface area contributed by atoms with E-state index in [2.05, 4.69) is 17.6 Å². The number of nitrogens with zero attached hydrogens (tertiary/aromatic N) is 1. The number of nitrogens with two attached hydrogens (primary N) is 1. The number of hydrogen-bond acceptors (Lipinski definition) is 6. The SMILES string of the molecule is CCCCCCN(C(=O)C(CC(N)=O)NC(=O)OC(C)(C)C)C(C(=O)Nc1ccc(OC)cc1)c1cc(C)cc(C)c1. The van der Waals surface area contributed by atoms with Crippen molar-refractivity contribution in [1.82, 2.24) is 10.2 Å². The van der Waals surface area contributed by atoms with Crippen LogP contribution in [0.2, 0.25) is 0 Å². The first kappa shape index (κ1) is 34.1. The van der Waals surface area contributed by atoms with Gasteiger partial charge in [-0.25, -0.2) is 4.79 Å². The average Bonchev–Trinajstić information content (AvgIpc) is 2.88. The molecule has 0 aliphatic carbocycles. The predicted octanol–water partition coefficient (Wildman–Crippen LogP) is 5.17. The molecule has 230 valence electrons. The fourth-order valence-electron chi connectivity index (χ4n) is 4.65. The molecular weight excluding hydrogens is 536 g/mol. The minimum Gasteiger partial charge on any atom is -0.497 e. The molecule has 0 heterocycles. The van der Waals surface area contributed by atoms with E-state index in [0.717, 1.165) is 30.4 Å². The number of amides is 4. The summed E-state index contributed by atoms with van der Waals surface area (Å²) in [5.74, 6) is -1.19. The molecular formula is C32H46N4O6. The van der Waals surface area contributed by atoms with Crippen molar-refractivity contribution in [2.24, 2.45) is 5.73 Å². The molecule has 0 radical (unpaired) electrons. The van der Waals surface area contributed by atoms with Gasteiger partial charge in [0.1, 0.15) is 23.4 Å². The van der Waals surface area contributed by atoms with Crippen LogP contribution >= 0.6 is 0 Å². The highest BCUT2D eigenvalue weighted by Gasteiger charge is 2.37. The molecule has 0 spiro atoms. The molecule has 10 heteroatoms. The van der Waals surface area contributed by atoms with Gasteiger partial charge in [-0.2, -0.15) is 0 Å². The van der Waals surface area contributed by atoms with E-state index >= 15 is 0 Å². The highest BCUT2D eigenvalue weighted by molar-refractivity contribution is 5.99. The van der Waals surface area contributed by atoms with Gasteiger partial charge in [0, 0.05) is 12.2 Å². The summed E-state index contributed by atoms with van der Waals surface area (Å²) in [4.78, 5) is 54.4. The zero-order valence-electron chi connectivity index (χ0n) is 25.9. The number of nitrogens with one attached hydrogen (secondary N) is 2. The molecule has 4 amide bonds. The Hall–Kier alpha value is -4.08. The second-order valence-corrected chi connectivity index (χ2v) is 11.5. The molecule has 4 N–H and O–H groups in total. The van der Waals surface area contributed by atoms with Gasteiger partial charge in [-0.3, -0.25) is 14.4 Å². The lowest BCUT2D eigenvalue weighted by atomic mass is 9.97. The maximum atomic E-state index is 14.2. The monoisotopic (exact) mass is 582 g/mol. The molecule has 2 unspecified atom stereocenters. The fraction of sp³-hybridized carbons (Fsp3) is 0.500. The van der Waals surface area contributed by atoms with Crippen LogP contribution in [0.4, 0.5) is 10.5 Å². The van der Waals surface area contributed by atoms with Crippen LogP contribution in [-0.2, 0) is 19.1 Å². The number of anilines is 1. The number of rotatable bonds is 14. The Labute approximate surface area is 249 Å².